The molecule has 3 rings (SSSR count). The fourth-order valence-electron chi connectivity index (χ4n) is 4.19. The van der Waals surface area contributed by atoms with Crippen molar-refractivity contribution in [3.63, 3.8) is 0 Å². The van der Waals surface area contributed by atoms with Crippen molar-refractivity contribution in [2.45, 2.75) is 56.7 Å². The molecule has 236 valence electrons. The number of aliphatic carboxylic acids is 1. The van der Waals surface area contributed by atoms with Gasteiger partial charge < -0.3 is 67.0 Å². The fraction of sp³-hybridized carbons (Fsp3) is 0.440. The van der Waals surface area contributed by atoms with Crippen molar-refractivity contribution in [1.29, 1.82) is 0 Å². The average molecular weight is 612 g/mol. The molecule has 18 nitrogen and oxygen atoms in total. The largest absolute Gasteiger partial charge is 0.494 e. The lowest BCUT2D eigenvalue weighted by molar-refractivity contribution is -0.271. The normalized spacial score (nSPS) is 22.3. The highest BCUT2D eigenvalue weighted by atomic mass is 16.7. The van der Waals surface area contributed by atoms with Crippen LogP contribution in [0.25, 0.3) is 0 Å². The van der Waals surface area contributed by atoms with Crippen LogP contribution < -0.4 is 26.8 Å². The summed E-state index contributed by atoms with van der Waals surface area (Å²) < 4.78 is 16.4. The number of ether oxygens (including phenoxy) is 3. The van der Waals surface area contributed by atoms with Gasteiger partial charge in [0.05, 0.1) is 5.69 Å². The van der Waals surface area contributed by atoms with E-state index in [1.165, 1.54) is 31.2 Å². The molecule has 0 spiro atoms. The van der Waals surface area contributed by atoms with Crippen LogP contribution in [0.3, 0.4) is 0 Å². The monoisotopic (exact) mass is 611 g/mol. The number of aromatic nitrogens is 1. The van der Waals surface area contributed by atoms with E-state index in [1.54, 1.807) is 0 Å². The Bertz CT molecular complexity index is 1350. The Morgan fingerprint density at radius 2 is 1.79 bits per heavy atom. The van der Waals surface area contributed by atoms with Crippen LogP contribution in [0, 0.1) is 6.92 Å². The molecule has 0 bridgehead atoms. The van der Waals surface area contributed by atoms with Crippen LogP contribution in [0.15, 0.2) is 24.3 Å². The van der Waals surface area contributed by atoms with E-state index in [-0.39, 0.29) is 49.3 Å². The zero-order valence-electron chi connectivity index (χ0n) is 22.7. The summed E-state index contributed by atoms with van der Waals surface area (Å²) in [5.41, 5.74) is 11.2. The number of aryl methyl sites for hydroxylation is 1. The molecule has 18 heteroatoms. The fourth-order valence-corrected chi connectivity index (χ4v) is 4.19. The number of amides is 3. The standard InChI is InChI=1S/C25H33N5O13/c1-10-6-16(32)30(22(10)37)13(8-26)21(36)28-5-4-15(31)29-12-7-11(9-41-25(27)40)2-3-14(12)42-24-19(35)17(33)18(34)20(43-24)23(38)39/h2-3,6-7,13,17-20,24,32-35,37H,4-5,8-9,26H2,1H3,(H2,27,40)(H,28,36)(H,29,31)(H,38,39). The Kier molecular flexibility index (Phi) is 10.7. The maximum absolute atomic E-state index is 12.8. The number of rotatable bonds is 12. The molecular weight excluding hydrogens is 578 g/mol. The molecule has 2 aromatic rings. The van der Waals surface area contributed by atoms with Crippen molar-refractivity contribution in [1.82, 2.24) is 9.88 Å². The molecule has 12 N–H and O–H groups in total. The lowest BCUT2D eigenvalue weighted by atomic mass is 9.99. The number of aromatic hydroxyl groups is 2. The number of carboxylic acid groups (broad SMARTS) is 1. The van der Waals surface area contributed by atoms with Gasteiger partial charge in [-0.3, -0.25) is 14.2 Å². The number of hydrogen-bond donors (Lipinski definition) is 10. The van der Waals surface area contributed by atoms with Gasteiger partial charge in [0.2, 0.25) is 18.1 Å². The molecule has 43 heavy (non-hydrogen) atoms. The van der Waals surface area contributed by atoms with Crippen LogP contribution in [0.5, 0.6) is 17.5 Å². The van der Waals surface area contributed by atoms with Crippen molar-refractivity contribution in [2.24, 2.45) is 11.5 Å². The lowest BCUT2D eigenvalue weighted by Gasteiger charge is -2.38. The predicted molar refractivity (Wildman–Crippen MR) is 143 cm³/mol. The van der Waals surface area contributed by atoms with Gasteiger partial charge in [0.1, 0.15) is 36.7 Å². The molecule has 3 amide bonds. The van der Waals surface area contributed by atoms with E-state index in [9.17, 15) is 49.8 Å². The highest BCUT2D eigenvalue weighted by Gasteiger charge is 2.48. The Morgan fingerprint density at radius 3 is 2.37 bits per heavy atom. The first-order valence-electron chi connectivity index (χ1n) is 12.8. The number of carbonyl (C=O) groups excluding carboxylic acids is 3. The van der Waals surface area contributed by atoms with E-state index in [0.717, 1.165) is 4.57 Å². The summed E-state index contributed by atoms with van der Waals surface area (Å²) in [6, 6.07) is 4.05. The first-order chi connectivity index (χ1) is 20.2. The molecule has 1 aromatic heterocycles. The second-order valence-electron chi connectivity index (χ2n) is 9.51. The minimum absolute atomic E-state index is 0.0670. The second kappa shape index (κ2) is 14.0. The van der Waals surface area contributed by atoms with Gasteiger partial charge in [-0.1, -0.05) is 6.07 Å². The van der Waals surface area contributed by atoms with Crippen LogP contribution in [0.2, 0.25) is 0 Å². The highest BCUT2D eigenvalue weighted by molar-refractivity contribution is 5.93. The number of aliphatic hydroxyl groups excluding tert-OH is 3. The molecule has 6 atom stereocenters. The summed E-state index contributed by atoms with van der Waals surface area (Å²) in [5.74, 6) is -3.89. The van der Waals surface area contributed by atoms with Crippen molar-refractivity contribution >= 4 is 29.6 Å². The van der Waals surface area contributed by atoms with Crippen molar-refractivity contribution < 1.29 is 64.0 Å². The number of benzene rings is 1. The molecule has 1 aliphatic heterocycles. The van der Waals surface area contributed by atoms with E-state index in [0.29, 0.717) is 11.1 Å². The minimum atomic E-state index is -1.96. The smallest absolute Gasteiger partial charge is 0.404 e. The Hall–Kier alpha value is -4.62. The van der Waals surface area contributed by atoms with Crippen LogP contribution in [-0.4, -0.2) is 103 Å². The van der Waals surface area contributed by atoms with Crippen molar-refractivity contribution in [2.75, 3.05) is 18.4 Å². The summed E-state index contributed by atoms with van der Waals surface area (Å²) in [6.45, 7) is 0.726. The van der Waals surface area contributed by atoms with E-state index >= 15 is 0 Å². The van der Waals surface area contributed by atoms with Gasteiger partial charge >= 0.3 is 12.1 Å². The predicted octanol–water partition coefficient (Wildman–Crippen LogP) is -2.28. The Balaban J connectivity index is 1.72. The first kappa shape index (κ1) is 32.9. The summed E-state index contributed by atoms with van der Waals surface area (Å²) in [7, 11) is 0. The van der Waals surface area contributed by atoms with Crippen LogP contribution in [-0.2, 0) is 30.5 Å². The van der Waals surface area contributed by atoms with Crippen LogP contribution in [0.4, 0.5) is 10.5 Å². The summed E-state index contributed by atoms with van der Waals surface area (Å²) in [4.78, 5) is 47.9. The van der Waals surface area contributed by atoms with E-state index in [2.05, 4.69) is 10.6 Å². The zero-order valence-corrected chi connectivity index (χ0v) is 22.7. The quantitative estimate of drug-likeness (QED) is 0.121. The number of nitrogens with zero attached hydrogens (tertiary/aromatic N) is 1. The molecule has 0 radical (unpaired) electrons. The maximum Gasteiger partial charge on any atom is 0.404 e. The number of primary amides is 1. The molecule has 2 heterocycles. The molecule has 6 unspecified atom stereocenters. The summed E-state index contributed by atoms with van der Waals surface area (Å²) >= 11 is 0. The molecule has 1 aromatic carbocycles. The van der Waals surface area contributed by atoms with E-state index in [1.807, 2.05) is 0 Å². The second-order valence-corrected chi connectivity index (χ2v) is 9.51. The highest BCUT2D eigenvalue weighted by Crippen LogP contribution is 2.32. The zero-order chi connectivity index (χ0) is 32.0. The maximum atomic E-state index is 12.8. The number of carbonyl (C=O) groups is 4. The van der Waals surface area contributed by atoms with Gasteiger partial charge in [-0.05, 0) is 24.6 Å². The number of aliphatic hydroxyl groups is 3. The van der Waals surface area contributed by atoms with Gasteiger partial charge in [0.25, 0.3) is 0 Å². The number of nitrogens with one attached hydrogen (secondary N) is 2. The van der Waals surface area contributed by atoms with Gasteiger partial charge in [0.15, 0.2) is 17.9 Å². The summed E-state index contributed by atoms with van der Waals surface area (Å²) in [6.07, 6.45) is -10.9. The van der Waals surface area contributed by atoms with Crippen molar-refractivity contribution in [3.8, 4) is 17.5 Å². The molecule has 0 aliphatic carbocycles. The Labute approximate surface area is 243 Å². The topological polar surface area (TPSA) is 298 Å². The molecular formula is C25H33N5O13. The lowest BCUT2D eigenvalue weighted by Crippen LogP contribution is -2.61. The first-order valence-corrected chi connectivity index (χ1v) is 12.8. The third kappa shape index (κ3) is 7.81. The molecule has 1 aliphatic rings. The number of nitrogens with two attached hydrogens (primary N) is 2. The van der Waals surface area contributed by atoms with Gasteiger partial charge in [0, 0.05) is 31.1 Å². The summed E-state index contributed by atoms with van der Waals surface area (Å²) in [5, 5.41) is 64.7. The molecule has 0 saturated carbocycles. The van der Waals surface area contributed by atoms with E-state index < -0.39 is 60.6 Å². The molecule has 1 saturated heterocycles. The van der Waals surface area contributed by atoms with Crippen molar-refractivity contribution in [3.05, 3.63) is 35.4 Å². The van der Waals surface area contributed by atoms with Crippen LogP contribution >= 0.6 is 0 Å². The van der Waals surface area contributed by atoms with Crippen LogP contribution in [0.1, 0.15) is 23.6 Å². The number of anilines is 1. The third-order valence-corrected chi connectivity index (χ3v) is 6.42. The minimum Gasteiger partial charge on any atom is -0.494 e. The van der Waals surface area contributed by atoms with E-state index in [4.69, 9.17) is 25.7 Å². The van der Waals surface area contributed by atoms with Gasteiger partial charge in [-0.15, -0.1) is 0 Å². The van der Waals surface area contributed by atoms with Gasteiger partial charge in [-0.2, -0.15) is 0 Å². The third-order valence-electron chi connectivity index (χ3n) is 6.42. The molecule has 1 fully saturated rings. The number of hydrogen-bond acceptors (Lipinski definition) is 13. The Morgan fingerprint density at radius 1 is 1.09 bits per heavy atom. The SMILES string of the molecule is Cc1cc(O)n(C(CN)C(=O)NCCC(=O)Nc2cc(COC(N)=O)ccc2OC2OC(C(=O)O)C(O)C(O)C2O)c1O. The average Bonchev–Trinajstić information content (AvgIpc) is 3.19. The van der Waals surface area contributed by atoms with Gasteiger partial charge in [-0.25, -0.2) is 9.59 Å². The number of carboxylic acids is 1.